The van der Waals surface area contributed by atoms with Crippen molar-refractivity contribution in [1.82, 2.24) is 15.6 Å². The molecule has 2 N–H and O–H groups in total. The molecule has 28 heavy (non-hydrogen) atoms. The maximum Gasteiger partial charge on any atom is 0.315 e. The number of hydrogen-bond donors (Lipinski definition) is 2. The summed E-state index contributed by atoms with van der Waals surface area (Å²) in [5, 5.41) is 5.63. The molecule has 2 amide bonds. The molecule has 1 heterocycles. The van der Waals surface area contributed by atoms with E-state index in [0.29, 0.717) is 23.1 Å². The van der Waals surface area contributed by atoms with E-state index in [1.54, 1.807) is 20.4 Å². The summed E-state index contributed by atoms with van der Waals surface area (Å²) in [6, 6.07) is 14.5. The zero-order valence-corrected chi connectivity index (χ0v) is 16.1. The van der Waals surface area contributed by atoms with E-state index in [0.717, 1.165) is 11.1 Å². The molecule has 3 aromatic rings. The first-order valence-corrected chi connectivity index (χ1v) is 8.87. The van der Waals surface area contributed by atoms with Gasteiger partial charge in [0.2, 0.25) is 5.89 Å². The third-order valence-electron chi connectivity index (χ3n) is 4.26. The summed E-state index contributed by atoms with van der Waals surface area (Å²) in [6.45, 7) is 2.05. The molecule has 1 aromatic heterocycles. The van der Waals surface area contributed by atoms with Crippen LogP contribution in [0.25, 0.3) is 11.3 Å². The second-order valence-electron chi connectivity index (χ2n) is 6.14. The van der Waals surface area contributed by atoms with E-state index in [4.69, 9.17) is 13.9 Å². The van der Waals surface area contributed by atoms with Crippen LogP contribution in [0.15, 0.2) is 59.1 Å². The quantitative estimate of drug-likeness (QED) is 0.648. The van der Waals surface area contributed by atoms with E-state index >= 15 is 0 Å². The Bertz CT molecular complexity index is 924. The second kappa shape index (κ2) is 8.94. The van der Waals surface area contributed by atoms with E-state index in [1.165, 1.54) is 0 Å². The molecule has 1 atom stereocenters. The lowest BCUT2D eigenvalue weighted by Gasteiger charge is -2.18. The normalized spacial score (nSPS) is 11.5. The maximum absolute atomic E-state index is 12.3. The second-order valence-corrected chi connectivity index (χ2v) is 6.14. The van der Waals surface area contributed by atoms with Crippen LogP contribution in [0, 0.1) is 0 Å². The van der Waals surface area contributed by atoms with E-state index in [1.807, 2.05) is 55.5 Å². The summed E-state index contributed by atoms with van der Waals surface area (Å²) in [5.74, 6) is 2.46. The number of rotatable bonds is 7. The lowest BCUT2D eigenvalue weighted by Crippen LogP contribution is -2.36. The number of aromatic nitrogens is 1. The molecule has 0 spiro atoms. The van der Waals surface area contributed by atoms with Crippen molar-refractivity contribution < 1.29 is 18.7 Å². The van der Waals surface area contributed by atoms with Gasteiger partial charge < -0.3 is 24.5 Å². The van der Waals surface area contributed by atoms with Crippen molar-refractivity contribution in [2.75, 3.05) is 14.2 Å². The molecule has 2 aromatic carbocycles. The molecule has 0 saturated carbocycles. The molecule has 0 aliphatic carbocycles. The van der Waals surface area contributed by atoms with Gasteiger partial charge in [0.15, 0.2) is 5.76 Å². The minimum absolute atomic E-state index is 0.181. The molecule has 3 rings (SSSR count). The Morgan fingerprint density at radius 2 is 1.93 bits per heavy atom. The molecule has 0 saturated heterocycles. The minimum atomic E-state index is -0.336. The highest BCUT2D eigenvalue weighted by atomic mass is 16.5. The van der Waals surface area contributed by atoms with Crippen molar-refractivity contribution in [2.45, 2.75) is 19.5 Å². The summed E-state index contributed by atoms with van der Waals surface area (Å²) < 4.78 is 16.3. The van der Waals surface area contributed by atoms with Gasteiger partial charge in [-0.1, -0.05) is 30.3 Å². The smallest absolute Gasteiger partial charge is 0.315 e. The molecule has 0 radical (unpaired) electrons. The molecule has 1 unspecified atom stereocenters. The van der Waals surface area contributed by atoms with Crippen LogP contribution in [0.5, 0.6) is 11.5 Å². The molecule has 7 nitrogen and oxygen atoms in total. The number of oxazole rings is 1. The number of amides is 2. The lowest BCUT2D eigenvalue weighted by molar-refractivity contribution is 0.236. The monoisotopic (exact) mass is 381 g/mol. The molecule has 0 fully saturated rings. The maximum atomic E-state index is 12.3. The molecule has 0 aliphatic rings. The van der Waals surface area contributed by atoms with Gasteiger partial charge in [0.05, 0.1) is 33.0 Å². The van der Waals surface area contributed by atoms with Crippen molar-refractivity contribution in [3.63, 3.8) is 0 Å². The summed E-state index contributed by atoms with van der Waals surface area (Å²) in [7, 11) is 3.18. The van der Waals surface area contributed by atoms with Gasteiger partial charge in [-0.05, 0) is 25.1 Å². The Morgan fingerprint density at radius 1 is 1.14 bits per heavy atom. The average molecular weight is 381 g/mol. The van der Waals surface area contributed by atoms with Gasteiger partial charge in [0.1, 0.15) is 11.5 Å². The Morgan fingerprint density at radius 3 is 2.64 bits per heavy atom. The zero-order chi connectivity index (χ0) is 19.9. The fourth-order valence-electron chi connectivity index (χ4n) is 2.79. The van der Waals surface area contributed by atoms with E-state index < -0.39 is 0 Å². The van der Waals surface area contributed by atoms with E-state index in [9.17, 15) is 4.79 Å². The number of urea groups is 1. The Balaban J connectivity index is 1.58. The number of nitrogens with zero attached hydrogens (tertiary/aromatic N) is 1. The average Bonchev–Trinajstić information content (AvgIpc) is 3.21. The molecular weight excluding hydrogens is 358 g/mol. The van der Waals surface area contributed by atoms with Crippen molar-refractivity contribution in [3.8, 4) is 22.8 Å². The Kier molecular flexibility index (Phi) is 6.16. The van der Waals surface area contributed by atoms with Crippen LogP contribution in [0.1, 0.15) is 24.4 Å². The van der Waals surface area contributed by atoms with Crippen molar-refractivity contribution in [3.05, 3.63) is 66.2 Å². The molecular formula is C21H23N3O4. The van der Waals surface area contributed by atoms with Crippen molar-refractivity contribution >= 4 is 6.03 Å². The van der Waals surface area contributed by atoms with E-state index in [2.05, 4.69) is 15.6 Å². The summed E-state index contributed by atoms with van der Waals surface area (Å²) in [4.78, 5) is 16.5. The lowest BCUT2D eigenvalue weighted by atomic mass is 10.1. The topological polar surface area (TPSA) is 85.6 Å². The number of ether oxygens (including phenoxy) is 2. The Hall–Kier alpha value is -3.48. The van der Waals surface area contributed by atoms with Gasteiger partial charge in [-0.25, -0.2) is 9.78 Å². The van der Waals surface area contributed by atoms with Gasteiger partial charge in [0.25, 0.3) is 0 Å². The number of hydrogen-bond acceptors (Lipinski definition) is 5. The van der Waals surface area contributed by atoms with Crippen LogP contribution in [-0.2, 0) is 6.54 Å². The third-order valence-corrected chi connectivity index (χ3v) is 4.26. The SMILES string of the molecule is COc1ccc(OC)c(C(C)NC(=O)NCc2ncc(-c3ccccc3)o2)c1. The van der Waals surface area contributed by atoms with Gasteiger partial charge >= 0.3 is 6.03 Å². The summed E-state index contributed by atoms with van der Waals surface area (Å²) >= 11 is 0. The largest absolute Gasteiger partial charge is 0.497 e. The van der Waals surface area contributed by atoms with Crippen LogP contribution in [0.3, 0.4) is 0 Å². The zero-order valence-electron chi connectivity index (χ0n) is 16.1. The van der Waals surface area contributed by atoms with Crippen molar-refractivity contribution in [2.24, 2.45) is 0 Å². The highest BCUT2D eigenvalue weighted by molar-refractivity contribution is 5.74. The molecule has 0 aliphatic heterocycles. The highest BCUT2D eigenvalue weighted by Gasteiger charge is 2.16. The number of carbonyl (C=O) groups excluding carboxylic acids is 1. The highest BCUT2D eigenvalue weighted by Crippen LogP contribution is 2.29. The van der Waals surface area contributed by atoms with Gasteiger partial charge in [0, 0.05) is 11.1 Å². The number of methoxy groups -OCH3 is 2. The predicted molar refractivity (Wildman–Crippen MR) is 105 cm³/mol. The molecule has 7 heteroatoms. The first-order valence-electron chi connectivity index (χ1n) is 8.87. The van der Waals surface area contributed by atoms with Crippen LogP contribution >= 0.6 is 0 Å². The van der Waals surface area contributed by atoms with Crippen LogP contribution in [-0.4, -0.2) is 25.2 Å². The van der Waals surface area contributed by atoms with Crippen molar-refractivity contribution in [1.29, 1.82) is 0 Å². The van der Waals surface area contributed by atoms with Crippen LogP contribution in [0.4, 0.5) is 4.79 Å². The van der Waals surface area contributed by atoms with Gasteiger partial charge in [-0.3, -0.25) is 0 Å². The fourth-order valence-corrected chi connectivity index (χ4v) is 2.79. The van der Waals surface area contributed by atoms with Crippen LogP contribution < -0.4 is 20.1 Å². The molecule has 146 valence electrons. The first kappa shape index (κ1) is 19.3. The summed E-state index contributed by atoms with van der Waals surface area (Å²) in [5.41, 5.74) is 1.75. The molecule has 0 bridgehead atoms. The Labute approximate surface area is 163 Å². The number of nitrogens with one attached hydrogen (secondary N) is 2. The van der Waals surface area contributed by atoms with Crippen LogP contribution in [0.2, 0.25) is 0 Å². The first-order chi connectivity index (χ1) is 13.6. The van der Waals surface area contributed by atoms with Gasteiger partial charge in [-0.15, -0.1) is 0 Å². The van der Waals surface area contributed by atoms with Gasteiger partial charge in [-0.2, -0.15) is 0 Å². The number of benzene rings is 2. The third kappa shape index (κ3) is 4.62. The summed E-state index contributed by atoms with van der Waals surface area (Å²) in [6.07, 6.45) is 1.65. The minimum Gasteiger partial charge on any atom is -0.497 e. The van der Waals surface area contributed by atoms with E-state index in [-0.39, 0.29) is 18.6 Å². The number of carbonyl (C=O) groups is 1. The standard InChI is InChI=1S/C21H23N3O4/c1-14(17-11-16(26-2)9-10-18(17)27-3)24-21(25)23-13-20-22-12-19(28-20)15-7-5-4-6-8-15/h4-12,14H,13H2,1-3H3,(H2,23,24,25). The predicted octanol–water partition coefficient (Wildman–Crippen LogP) is 3.92. The fraction of sp³-hybridized carbons (Fsp3) is 0.238.